The Kier molecular flexibility index (Phi) is 4.96. The number of H-pyrrole nitrogens is 1. The number of rotatable bonds is 3. The van der Waals surface area contributed by atoms with Gasteiger partial charge in [0.15, 0.2) is 0 Å². The summed E-state index contributed by atoms with van der Waals surface area (Å²) in [5.74, 6) is 0.514. The van der Waals surface area contributed by atoms with E-state index in [2.05, 4.69) is 10.3 Å². The number of nitrogens with one attached hydrogen (secondary N) is 2. The van der Waals surface area contributed by atoms with Crippen LogP contribution in [0.2, 0.25) is 0 Å². The SMILES string of the molecule is O=C(NC1CCN(C(=O)c2c[nH]c3ccccc23)CC1)C1CCCCC1. The normalized spacial score (nSPS) is 19.6. The van der Waals surface area contributed by atoms with Gasteiger partial charge in [-0.3, -0.25) is 9.59 Å². The number of carbonyl (C=O) groups excluding carboxylic acids is 2. The predicted molar refractivity (Wildman–Crippen MR) is 102 cm³/mol. The van der Waals surface area contributed by atoms with E-state index in [9.17, 15) is 9.59 Å². The van der Waals surface area contributed by atoms with Gasteiger partial charge in [0, 0.05) is 42.1 Å². The highest BCUT2D eigenvalue weighted by atomic mass is 16.2. The van der Waals surface area contributed by atoms with E-state index in [4.69, 9.17) is 0 Å². The van der Waals surface area contributed by atoms with Crippen LogP contribution in [0.3, 0.4) is 0 Å². The summed E-state index contributed by atoms with van der Waals surface area (Å²) in [6, 6.07) is 8.10. The minimum atomic E-state index is 0.0829. The molecule has 5 nitrogen and oxygen atoms in total. The van der Waals surface area contributed by atoms with Crippen LogP contribution in [0.15, 0.2) is 30.5 Å². The van der Waals surface area contributed by atoms with Gasteiger partial charge < -0.3 is 15.2 Å². The topological polar surface area (TPSA) is 65.2 Å². The molecule has 2 aromatic rings. The number of carbonyl (C=O) groups is 2. The Morgan fingerprint density at radius 2 is 1.73 bits per heavy atom. The van der Waals surface area contributed by atoms with E-state index in [1.165, 1.54) is 19.3 Å². The maximum Gasteiger partial charge on any atom is 0.256 e. The highest BCUT2D eigenvalue weighted by Gasteiger charge is 2.28. The van der Waals surface area contributed by atoms with Gasteiger partial charge in [-0.25, -0.2) is 0 Å². The number of aromatic nitrogens is 1. The molecule has 2 aliphatic rings. The number of hydrogen-bond acceptors (Lipinski definition) is 2. The summed E-state index contributed by atoms with van der Waals surface area (Å²) in [5.41, 5.74) is 1.73. The van der Waals surface area contributed by atoms with Crippen LogP contribution in [-0.4, -0.2) is 40.8 Å². The van der Waals surface area contributed by atoms with Gasteiger partial charge in [0.05, 0.1) is 5.56 Å². The van der Waals surface area contributed by atoms with Crippen LogP contribution in [0, 0.1) is 5.92 Å². The molecule has 1 aliphatic heterocycles. The second kappa shape index (κ2) is 7.52. The van der Waals surface area contributed by atoms with Crippen LogP contribution in [0.5, 0.6) is 0 Å². The number of piperidine rings is 1. The lowest BCUT2D eigenvalue weighted by Gasteiger charge is -2.33. The fraction of sp³-hybridized carbons (Fsp3) is 0.524. The van der Waals surface area contributed by atoms with E-state index >= 15 is 0 Å². The maximum atomic E-state index is 12.9. The first-order chi connectivity index (χ1) is 12.7. The van der Waals surface area contributed by atoms with Crippen molar-refractivity contribution in [2.45, 2.75) is 51.0 Å². The molecule has 1 aromatic carbocycles. The van der Waals surface area contributed by atoms with E-state index in [0.29, 0.717) is 13.1 Å². The zero-order valence-corrected chi connectivity index (χ0v) is 15.2. The Morgan fingerprint density at radius 1 is 1.00 bits per heavy atom. The molecule has 1 saturated carbocycles. The molecule has 1 aromatic heterocycles. The molecule has 1 aliphatic carbocycles. The van der Waals surface area contributed by atoms with Crippen LogP contribution in [-0.2, 0) is 4.79 Å². The quantitative estimate of drug-likeness (QED) is 0.887. The average molecular weight is 353 g/mol. The minimum Gasteiger partial charge on any atom is -0.360 e. The van der Waals surface area contributed by atoms with E-state index < -0.39 is 0 Å². The molecule has 0 radical (unpaired) electrons. The van der Waals surface area contributed by atoms with Crippen molar-refractivity contribution in [2.75, 3.05) is 13.1 Å². The first-order valence-electron chi connectivity index (χ1n) is 9.88. The molecule has 0 spiro atoms. The molecule has 2 amide bonds. The van der Waals surface area contributed by atoms with Crippen molar-refractivity contribution in [3.05, 3.63) is 36.0 Å². The van der Waals surface area contributed by atoms with Crippen LogP contribution in [0.4, 0.5) is 0 Å². The lowest BCUT2D eigenvalue weighted by Crippen LogP contribution is -2.48. The molecular weight excluding hydrogens is 326 g/mol. The number of para-hydroxylation sites is 1. The highest BCUT2D eigenvalue weighted by molar-refractivity contribution is 6.06. The molecule has 138 valence electrons. The molecule has 0 atom stereocenters. The van der Waals surface area contributed by atoms with Gasteiger partial charge in [0.2, 0.25) is 5.91 Å². The number of fused-ring (bicyclic) bond motifs is 1. The monoisotopic (exact) mass is 353 g/mol. The first kappa shape index (κ1) is 17.1. The van der Waals surface area contributed by atoms with Gasteiger partial charge in [-0.05, 0) is 31.7 Å². The molecule has 0 unspecified atom stereocenters. The molecule has 0 bridgehead atoms. The summed E-state index contributed by atoms with van der Waals surface area (Å²) in [5, 5.41) is 4.21. The van der Waals surface area contributed by atoms with Crippen LogP contribution in [0.25, 0.3) is 10.9 Å². The minimum absolute atomic E-state index is 0.0829. The predicted octanol–water partition coefficient (Wildman–Crippen LogP) is 3.47. The zero-order valence-electron chi connectivity index (χ0n) is 15.2. The van der Waals surface area contributed by atoms with Gasteiger partial charge in [-0.15, -0.1) is 0 Å². The third kappa shape index (κ3) is 3.48. The summed E-state index contributed by atoms with van der Waals surface area (Å²) in [6.45, 7) is 1.40. The number of aromatic amines is 1. The van der Waals surface area contributed by atoms with Gasteiger partial charge in [0.25, 0.3) is 5.91 Å². The zero-order chi connectivity index (χ0) is 17.9. The van der Waals surface area contributed by atoms with Crippen molar-refractivity contribution in [3.8, 4) is 0 Å². The van der Waals surface area contributed by atoms with Crippen molar-refractivity contribution >= 4 is 22.7 Å². The highest BCUT2D eigenvalue weighted by Crippen LogP contribution is 2.25. The van der Waals surface area contributed by atoms with Crippen molar-refractivity contribution < 1.29 is 9.59 Å². The van der Waals surface area contributed by atoms with E-state index in [1.54, 1.807) is 0 Å². The van der Waals surface area contributed by atoms with Gasteiger partial charge in [-0.1, -0.05) is 37.5 Å². The molecular formula is C21H27N3O2. The van der Waals surface area contributed by atoms with E-state index in [-0.39, 0.29) is 23.8 Å². The number of likely N-dealkylation sites (tertiary alicyclic amines) is 1. The van der Waals surface area contributed by atoms with Gasteiger partial charge >= 0.3 is 0 Å². The second-order valence-electron chi connectivity index (χ2n) is 7.66. The largest absolute Gasteiger partial charge is 0.360 e. The molecule has 5 heteroatoms. The fourth-order valence-electron chi connectivity index (χ4n) is 4.33. The maximum absolute atomic E-state index is 12.9. The Bertz CT molecular complexity index is 783. The third-order valence-electron chi connectivity index (χ3n) is 5.92. The van der Waals surface area contributed by atoms with Gasteiger partial charge in [0.1, 0.15) is 0 Å². The Hall–Kier alpha value is -2.30. The average Bonchev–Trinajstić information content (AvgIpc) is 3.13. The van der Waals surface area contributed by atoms with Crippen molar-refractivity contribution in [2.24, 2.45) is 5.92 Å². The summed E-state index contributed by atoms with van der Waals surface area (Å²) in [4.78, 5) is 30.4. The molecule has 1 saturated heterocycles. The summed E-state index contributed by atoms with van der Waals surface area (Å²) >= 11 is 0. The summed E-state index contributed by atoms with van der Waals surface area (Å²) < 4.78 is 0. The summed E-state index contributed by atoms with van der Waals surface area (Å²) in [6.07, 6.45) is 9.17. The lowest BCUT2D eigenvalue weighted by atomic mass is 9.88. The smallest absolute Gasteiger partial charge is 0.256 e. The van der Waals surface area contributed by atoms with Gasteiger partial charge in [-0.2, -0.15) is 0 Å². The van der Waals surface area contributed by atoms with Crippen molar-refractivity contribution in [1.29, 1.82) is 0 Å². The standard InChI is InChI=1S/C21H27N3O2/c25-20(15-6-2-1-3-7-15)23-16-10-12-24(13-11-16)21(26)18-14-22-19-9-5-4-8-17(18)19/h4-5,8-9,14-16,22H,1-3,6-7,10-13H2,(H,23,25). The van der Waals surface area contributed by atoms with Crippen LogP contribution < -0.4 is 5.32 Å². The second-order valence-corrected chi connectivity index (χ2v) is 7.66. The molecule has 4 rings (SSSR count). The Morgan fingerprint density at radius 3 is 2.50 bits per heavy atom. The van der Waals surface area contributed by atoms with Crippen LogP contribution >= 0.6 is 0 Å². The Balaban J connectivity index is 1.33. The number of nitrogens with zero attached hydrogens (tertiary/aromatic N) is 1. The first-order valence-corrected chi connectivity index (χ1v) is 9.88. The number of benzene rings is 1. The van der Waals surface area contributed by atoms with Crippen molar-refractivity contribution in [3.63, 3.8) is 0 Å². The number of amides is 2. The summed E-state index contributed by atoms with van der Waals surface area (Å²) in [7, 11) is 0. The number of hydrogen-bond donors (Lipinski definition) is 2. The molecule has 26 heavy (non-hydrogen) atoms. The fourth-order valence-corrected chi connectivity index (χ4v) is 4.33. The lowest BCUT2D eigenvalue weighted by molar-refractivity contribution is -0.126. The molecule has 2 fully saturated rings. The molecule has 2 N–H and O–H groups in total. The van der Waals surface area contributed by atoms with Crippen molar-refractivity contribution in [1.82, 2.24) is 15.2 Å². The van der Waals surface area contributed by atoms with E-state index in [0.717, 1.165) is 42.1 Å². The van der Waals surface area contributed by atoms with E-state index in [1.807, 2.05) is 35.4 Å². The Labute approximate surface area is 154 Å². The molecule has 2 heterocycles. The van der Waals surface area contributed by atoms with Crippen LogP contribution in [0.1, 0.15) is 55.3 Å². The third-order valence-corrected chi connectivity index (χ3v) is 5.92.